The number of nitro benzene ring substituents is 2. The van der Waals surface area contributed by atoms with Crippen molar-refractivity contribution >= 4 is 39.9 Å². The number of nitro groups is 2. The largest absolute Gasteiger partial charge is 0.493 e. The van der Waals surface area contributed by atoms with Gasteiger partial charge in [0.15, 0.2) is 23.0 Å². The highest BCUT2D eigenvalue weighted by atomic mass is 16.6. The van der Waals surface area contributed by atoms with Gasteiger partial charge in [0.25, 0.3) is 0 Å². The Labute approximate surface area is 277 Å². The van der Waals surface area contributed by atoms with E-state index < -0.39 is 21.8 Å². The number of benzene rings is 4. The van der Waals surface area contributed by atoms with Gasteiger partial charge in [0.1, 0.15) is 0 Å². The Kier molecular flexibility index (Phi) is 10.8. The number of aliphatic carboxylic acids is 2. The summed E-state index contributed by atoms with van der Waals surface area (Å²) >= 11 is 0. The fourth-order valence-corrected chi connectivity index (χ4v) is 4.74. The van der Waals surface area contributed by atoms with Gasteiger partial charge in [0, 0.05) is 17.4 Å². The van der Waals surface area contributed by atoms with Crippen molar-refractivity contribution in [3.05, 3.63) is 110 Å². The van der Waals surface area contributed by atoms with Gasteiger partial charge in [-0.3, -0.25) is 29.8 Å². The normalized spacial score (nSPS) is 10.4. The number of H-pyrrole nitrogens is 1. The van der Waals surface area contributed by atoms with Gasteiger partial charge < -0.3 is 39.9 Å². The molecule has 0 amide bonds. The van der Waals surface area contributed by atoms with Gasteiger partial charge in [-0.25, -0.2) is 0 Å². The molecule has 0 aliphatic rings. The van der Waals surface area contributed by atoms with Crippen molar-refractivity contribution < 1.29 is 48.6 Å². The minimum atomic E-state index is -0.977. The molecule has 5 aromatic rings. The van der Waals surface area contributed by atoms with Crippen molar-refractivity contribution in [1.82, 2.24) is 4.98 Å². The number of carboxylic acid groups (broad SMARTS) is 2. The Bertz CT molecular complexity index is 2060. The molecule has 0 saturated heterocycles. The summed E-state index contributed by atoms with van der Waals surface area (Å²) in [5.41, 5.74) is 7.86. The summed E-state index contributed by atoms with van der Waals surface area (Å²) in [6.07, 6.45) is -0.329. The van der Waals surface area contributed by atoms with E-state index in [0.29, 0.717) is 27.8 Å². The molecule has 5 N–H and O–H groups in total. The molecular formula is C33H30N4O12. The second-order valence-corrected chi connectivity index (χ2v) is 10.4. The van der Waals surface area contributed by atoms with Crippen LogP contribution in [0.25, 0.3) is 10.9 Å². The number of nitrogens with zero attached hydrogens (tertiary/aromatic N) is 2. The minimum Gasteiger partial charge on any atom is -0.493 e. The molecule has 254 valence electrons. The maximum Gasteiger partial charge on any atom is 0.320 e. The summed E-state index contributed by atoms with van der Waals surface area (Å²) in [6, 6.07) is 18.2. The van der Waals surface area contributed by atoms with E-state index in [4.69, 9.17) is 34.9 Å². The summed E-state index contributed by atoms with van der Waals surface area (Å²) in [7, 11) is 2.81. The fraction of sp³-hybridized carbons (Fsp3) is 0.152. The number of aromatic amines is 1. The molecule has 0 fully saturated rings. The molecule has 0 aliphatic carbocycles. The molecule has 1 heterocycles. The summed E-state index contributed by atoms with van der Waals surface area (Å²) in [6.45, 7) is 1.81. The number of aryl methyl sites for hydroxylation is 1. The molecule has 0 atom stereocenters. The van der Waals surface area contributed by atoms with E-state index in [1.165, 1.54) is 62.8 Å². The van der Waals surface area contributed by atoms with E-state index in [2.05, 4.69) is 4.98 Å². The van der Waals surface area contributed by atoms with Crippen LogP contribution in [0.1, 0.15) is 16.8 Å². The minimum absolute atomic E-state index is 0.00786. The molecule has 16 nitrogen and oxygen atoms in total. The zero-order valence-corrected chi connectivity index (χ0v) is 26.3. The summed E-state index contributed by atoms with van der Waals surface area (Å²) in [5, 5.41) is 40.8. The summed E-state index contributed by atoms with van der Waals surface area (Å²) in [4.78, 5) is 46.2. The molecule has 0 spiro atoms. The third kappa shape index (κ3) is 8.70. The summed E-state index contributed by atoms with van der Waals surface area (Å²) in [5.74, 6) is -0.803. The number of rotatable bonds is 12. The third-order valence-electron chi connectivity index (χ3n) is 6.84. The number of carbonyl (C=O) groups is 2. The highest BCUT2D eigenvalue weighted by molar-refractivity contribution is 5.92. The first-order chi connectivity index (χ1) is 23.3. The number of ether oxygens (including phenoxy) is 4. The summed E-state index contributed by atoms with van der Waals surface area (Å²) < 4.78 is 21.7. The lowest BCUT2D eigenvalue weighted by molar-refractivity contribution is -0.385. The second kappa shape index (κ2) is 15.2. The predicted molar refractivity (Wildman–Crippen MR) is 176 cm³/mol. The maximum atomic E-state index is 11.6. The zero-order valence-electron chi connectivity index (χ0n) is 26.3. The van der Waals surface area contributed by atoms with Crippen LogP contribution in [0.2, 0.25) is 0 Å². The Balaban J connectivity index is 0.000000223. The van der Waals surface area contributed by atoms with Crippen LogP contribution in [0.3, 0.4) is 0 Å². The number of hydrogen-bond acceptors (Lipinski definition) is 11. The molecule has 5 rings (SSSR count). The van der Waals surface area contributed by atoms with Gasteiger partial charge in [-0.2, -0.15) is 0 Å². The van der Waals surface area contributed by atoms with Crippen molar-refractivity contribution in [3.8, 4) is 34.5 Å². The Morgan fingerprint density at radius 2 is 1.22 bits per heavy atom. The van der Waals surface area contributed by atoms with E-state index >= 15 is 0 Å². The molecule has 0 saturated carbocycles. The standard InChI is InChI=1S/C18H16N2O6.C15H14N2O6/c1-10-7-12-13(19-10)4-6-15(18(12)20(23)24)26-14-5-3-11(9-17(21)22)8-16(14)25-2;1-22-14-6-9(7-15(18)19)2-4-13(14)23-12-5-3-10(16)8-11(12)17(20)21/h3-8,19H,9H2,1-2H3,(H,21,22);2-6,8H,7,16H2,1H3,(H,18,19). The molecule has 1 aromatic heterocycles. The van der Waals surface area contributed by atoms with Crippen molar-refractivity contribution in [3.63, 3.8) is 0 Å². The van der Waals surface area contributed by atoms with Crippen LogP contribution in [0.15, 0.2) is 72.8 Å². The van der Waals surface area contributed by atoms with Gasteiger partial charge in [-0.05, 0) is 72.6 Å². The van der Waals surface area contributed by atoms with Gasteiger partial charge >= 0.3 is 23.3 Å². The van der Waals surface area contributed by atoms with Crippen LogP contribution in [0.5, 0.6) is 34.5 Å². The van der Waals surface area contributed by atoms with Crippen LogP contribution < -0.4 is 24.7 Å². The molecule has 16 heteroatoms. The number of carboxylic acids is 2. The first kappa shape index (κ1) is 35.0. The van der Waals surface area contributed by atoms with Gasteiger partial charge in [0.2, 0.25) is 11.5 Å². The van der Waals surface area contributed by atoms with Crippen molar-refractivity contribution in [1.29, 1.82) is 0 Å². The van der Waals surface area contributed by atoms with Crippen molar-refractivity contribution in [2.24, 2.45) is 0 Å². The lowest BCUT2D eigenvalue weighted by Crippen LogP contribution is -2.01. The van der Waals surface area contributed by atoms with Gasteiger partial charge in [-0.15, -0.1) is 0 Å². The van der Waals surface area contributed by atoms with Crippen LogP contribution in [-0.4, -0.2) is 51.2 Å². The van der Waals surface area contributed by atoms with E-state index in [1.54, 1.807) is 24.3 Å². The Morgan fingerprint density at radius 1 is 0.714 bits per heavy atom. The predicted octanol–water partition coefficient (Wildman–Crippen LogP) is 6.42. The number of methoxy groups -OCH3 is 2. The average Bonchev–Trinajstić information content (AvgIpc) is 3.42. The lowest BCUT2D eigenvalue weighted by atomic mass is 10.1. The lowest BCUT2D eigenvalue weighted by Gasteiger charge is -2.12. The van der Waals surface area contributed by atoms with Gasteiger partial charge in [0.05, 0.1) is 47.8 Å². The van der Waals surface area contributed by atoms with Gasteiger partial charge in [-0.1, -0.05) is 12.1 Å². The number of nitrogens with two attached hydrogens (primary N) is 1. The molecule has 0 radical (unpaired) electrons. The van der Waals surface area contributed by atoms with Crippen LogP contribution in [0.4, 0.5) is 17.1 Å². The third-order valence-corrected chi connectivity index (χ3v) is 6.84. The average molecular weight is 675 g/mol. The molecular weight excluding hydrogens is 644 g/mol. The van der Waals surface area contributed by atoms with Crippen molar-refractivity contribution in [2.45, 2.75) is 19.8 Å². The smallest absolute Gasteiger partial charge is 0.320 e. The number of aromatic nitrogens is 1. The topological polar surface area (TPSA) is 240 Å². The first-order valence-corrected chi connectivity index (χ1v) is 14.2. The Morgan fingerprint density at radius 3 is 1.71 bits per heavy atom. The van der Waals surface area contributed by atoms with Crippen LogP contribution in [0, 0.1) is 27.2 Å². The number of fused-ring (bicyclic) bond motifs is 1. The molecule has 49 heavy (non-hydrogen) atoms. The highest BCUT2D eigenvalue weighted by Crippen LogP contribution is 2.41. The first-order valence-electron chi connectivity index (χ1n) is 14.2. The van der Waals surface area contributed by atoms with E-state index in [1.807, 2.05) is 6.92 Å². The number of nitrogen functional groups attached to an aromatic ring is 1. The molecule has 4 aromatic carbocycles. The fourth-order valence-electron chi connectivity index (χ4n) is 4.74. The van der Waals surface area contributed by atoms with E-state index in [9.17, 15) is 29.8 Å². The second-order valence-electron chi connectivity index (χ2n) is 10.4. The van der Waals surface area contributed by atoms with Crippen molar-refractivity contribution in [2.75, 3.05) is 20.0 Å². The number of hydrogen-bond donors (Lipinski definition) is 4. The highest BCUT2D eigenvalue weighted by Gasteiger charge is 2.23. The Hall–Kier alpha value is -6.84. The SMILES string of the molecule is COc1cc(CC(=O)O)ccc1Oc1ccc(N)cc1[N+](=O)[O-].COc1cc(CC(=O)O)ccc1Oc1ccc2[nH]c(C)cc2c1[N+](=O)[O-]. The van der Waals surface area contributed by atoms with Crippen LogP contribution in [-0.2, 0) is 22.4 Å². The zero-order chi connectivity index (χ0) is 35.8. The van der Waals surface area contributed by atoms with Crippen LogP contribution >= 0.6 is 0 Å². The maximum absolute atomic E-state index is 11.6. The quantitative estimate of drug-likeness (QED) is 0.0635. The molecule has 0 unspecified atom stereocenters. The molecule has 0 aliphatic heterocycles. The monoisotopic (exact) mass is 674 g/mol. The number of anilines is 1. The van der Waals surface area contributed by atoms with E-state index in [-0.39, 0.29) is 58.7 Å². The number of nitrogens with one attached hydrogen (secondary N) is 1. The molecule has 0 bridgehead atoms. The van der Waals surface area contributed by atoms with E-state index in [0.717, 1.165) is 5.69 Å².